The molecule has 4 rings (SSSR count). The first kappa shape index (κ1) is 22.7. The average Bonchev–Trinajstić information content (AvgIpc) is 3.39. The summed E-state index contributed by atoms with van der Waals surface area (Å²) in [7, 11) is 0. The van der Waals surface area contributed by atoms with Crippen molar-refractivity contribution in [3.05, 3.63) is 0 Å². The maximum atomic E-state index is 12.7. The molecule has 0 aromatic carbocycles. The van der Waals surface area contributed by atoms with Gasteiger partial charge < -0.3 is 15.1 Å². The molecule has 1 saturated carbocycles. The lowest BCUT2D eigenvalue weighted by Gasteiger charge is -2.54. The normalized spacial score (nSPS) is 27.3. The van der Waals surface area contributed by atoms with Crippen molar-refractivity contribution in [3.8, 4) is 0 Å². The van der Waals surface area contributed by atoms with Crippen molar-refractivity contribution in [2.75, 3.05) is 44.3 Å². The summed E-state index contributed by atoms with van der Waals surface area (Å²) in [5.74, 6) is 1.53. The summed E-state index contributed by atoms with van der Waals surface area (Å²) in [6.07, 6.45) is 0.883. The number of carboxylic acids is 1. The number of rotatable bonds is 4. The molecule has 0 aromatic rings. The molecule has 4 fully saturated rings. The van der Waals surface area contributed by atoms with Crippen LogP contribution >= 0.6 is 11.8 Å². The smallest absolute Gasteiger partial charge is 0.475 e. The number of hydrogen-bond acceptors (Lipinski definition) is 5. The van der Waals surface area contributed by atoms with Gasteiger partial charge in [-0.05, 0) is 55.4 Å². The average molecular weight is 439 g/mol. The number of hydrogen-bond donors (Lipinski definition) is 2. The third-order valence-corrected chi connectivity index (χ3v) is 7.40. The Hall–Kier alpha value is -1.00. The van der Waals surface area contributed by atoms with Crippen LogP contribution in [0.4, 0.5) is 13.2 Å². The number of likely N-dealkylation sites (tertiary alicyclic amines) is 2. The molecule has 29 heavy (non-hydrogen) atoms. The van der Waals surface area contributed by atoms with E-state index in [0.29, 0.717) is 18.4 Å². The molecule has 1 amide bonds. The third kappa shape index (κ3) is 5.58. The quantitative estimate of drug-likeness (QED) is 0.700. The van der Waals surface area contributed by atoms with Gasteiger partial charge in [-0.1, -0.05) is 0 Å². The van der Waals surface area contributed by atoms with E-state index in [0.717, 1.165) is 56.3 Å². The van der Waals surface area contributed by atoms with E-state index in [1.807, 2.05) is 11.8 Å². The van der Waals surface area contributed by atoms with Crippen LogP contribution in [0.15, 0.2) is 0 Å². The highest BCUT2D eigenvalue weighted by molar-refractivity contribution is 7.99. The molecular weight excluding hydrogens is 409 g/mol. The van der Waals surface area contributed by atoms with E-state index in [1.54, 1.807) is 0 Å². The first-order chi connectivity index (χ1) is 13.6. The Morgan fingerprint density at radius 1 is 1.07 bits per heavy atom. The van der Waals surface area contributed by atoms with Crippen LogP contribution < -0.4 is 0 Å². The van der Waals surface area contributed by atoms with Gasteiger partial charge >= 0.3 is 12.1 Å². The molecule has 0 radical (unpaired) electrons. The van der Waals surface area contributed by atoms with Crippen molar-refractivity contribution in [2.45, 2.75) is 43.8 Å². The molecule has 4 aliphatic rings. The van der Waals surface area contributed by atoms with Gasteiger partial charge in [-0.3, -0.25) is 9.69 Å². The fraction of sp³-hybridized carbons (Fsp3) is 0.895. The fourth-order valence-corrected chi connectivity index (χ4v) is 5.70. The molecule has 1 atom stereocenters. The summed E-state index contributed by atoms with van der Waals surface area (Å²) in [6.45, 7) is 4.36. The van der Waals surface area contributed by atoms with Crippen LogP contribution in [0, 0.1) is 17.8 Å². The van der Waals surface area contributed by atoms with E-state index in [4.69, 9.17) is 9.90 Å². The number of aliphatic carboxylic acids is 1. The van der Waals surface area contributed by atoms with Gasteiger partial charge in [0, 0.05) is 38.7 Å². The molecule has 1 spiro atoms. The number of aliphatic hydroxyl groups is 1. The van der Waals surface area contributed by atoms with Crippen molar-refractivity contribution < 1.29 is 33.0 Å². The minimum absolute atomic E-state index is 0.203. The standard InChI is InChI=1S/C17H28N2O2S.C2HF3O2/c20-10-14-7-17(19(9-14)8-13-1-2-13)11-18(12-17)16(21)15-3-5-22-6-4-15;3-2(4,5)1(6)7/h13-15,20H,1-12H2;(H,6,7). The lowest BCUT2D eigenvalue weighted by molar-refractivity contribution is -0.192. The number of carboxylic acid groups (broad SMARTS) is 1. The Labute approximate surface area is 172 Å². The minimum atomic E-state index is -5.08. The van der Waals surface area contributed by atoms with Crippen molar-refractivity contribution in [3.63, 3.8) is 0 Å². The maximum Gasteiger partial charge on any atom is 0.490 e. The van der Waals surface area contributed by atoms with Gasteiger partial charge in [0.25, 0.3) is 0 Å². The minimum Gasteiger partial charge on any atom is -0.475 e. The zero-order valence-corrected chi connectivity index (χ0v) is 17.2. The predicted octanol–water partition coefficient (Wildman–Crippen LogP) is 2.07. The second-order valence-corrected chi connectivity index (χ2v) is 9.93. The number of carbonyl (C=O) groups is 2. The molecule has 166 valence electrons. The van der Waals surface area contributed by atoms with Crippen LogP contribution in [0.25, 0.3) is 0 Å². The molecule has 0 bridgehead atoms. The van der Waals surface area contributed by atoms with E-state index in [1.165, 1.54) is 19.4 Å². The molecule has 6 nitrogen and oxygen atoms in total. The van der Waals surface area contributed by atoms with Gasteiger partial charge in [-0.25, -0.2) is 4.79 Å². The fourth-order valence-electron chi connectivity index (χ4n) is 4.59. The number of carbonyl (C=O) groups excluding carboxylic acids is 1. The Morgan fingerprint density at radius 2 is 1.66 bits per heavy atom. The molecule has 3 saturated heterocycles. The number of nitrogens with zero attached hydrogens (tertiary/aromatic N) is 2. The van der Waals surface area contributed by atoms with E-state index in [-0.39, 0.29) is 11.5 Å². The summed E-state index contributed by atoms with van der Waals surface area (Å²) in [4.78, 5) is 26.3. The second kappa shape index (κ2) is 9.01. The number of alkyl halides is 3. The van der Waals surface area contributed by atoms with E-state index < -0.39 is 12.1 Å². The van der Waals surface area contributed by atoms with Gasteiger partial charge in [0.05, 0.1) is 5.54 Å². The van der Waals surface area contributed by atoms with E-state index >= 15 is 0 Å². The summed E-state index contributed by atoms with van der Waals surface area (Å²) < 4.78 is 31.7. The molecule has 3 aliphatic heterocycles. The van der Waals surface area contributed by atoms with Crippen molar-refractivity contribution in [2.24, 2.45) is 17.8 Å². The highest BCUT2D eigenvalue weighted by Crippen LogP contribution is 2.44. The third-order valence-electron chi connectivity index (χ3n) is 6.35. The van der Waals surface area contributed by atoms with Gasteiger partial charge in [-0.2, -0.15) is 24.9 Å². The number of amides is 1. The van der Waals surface area contributed by atoms with Crippen LogP contribution in [-0.2, 0) is 9.59 Å². The van der Waals surface area contributed by atoms with E-state index in [2.05, 4.69) is 9.80 Å². The van der Waals surface area contributed by atoms with Crippen molar-refractivity contribution >= 4 is 23.6 Å². The summed E-state index contributed by atoms with van der Waals surface area (Å²) in [5.41, 5.74) is 0.203. The number of halogens is 3. The highest BCUT2D eigenvalue weighted by Gasteiger charge is 2.55. The van der Waals surface area contributed by atoms with Crippen LogP contribution in [0.1, 0.15) is 32.1 Å². The van der Waals surface area contributed by atoms with Gasteiger partial charge in [0.1, 0.15) is 0 Å². The van der Waals surface area contributed by atoms with Gasteiger partial charge in [0.2, 0.25) is 5.91 Å². The largest absolute Gasteiger partial charge is 0.490 e. The summed E-state index contributed by atoms with van der Waals surface area (Å²) in [5, 5.41) is 16.7. The Morgan fingerprint density at radius 3 is 2.14 bits per heavy atom. The lowest BCUT2D eigenvalue weighted by atomic mass is 9.83. The van der Waals surface area contributed by atoms with Gasteiger partial charge in [-0.15, -0.1) is 0 Å². The summed E-state index contributed by atoms with van der Waals surface area (Å²) in [6, 6.07) is 0. The molecule has 10 heteroatoms. The number of aliphatic hydroxyl groups excluding tert-OH is 1. The zero-order valence-electron chi connectivity index (χ0n) is 16.4. The van der Waals surface area contributed by atoms with Crippen LogP contribution in [-0.4, -0.2) is 87.9 Å². The topological polar surface area (TPSA) is 81.1 Å². The Bertz CT molecular complexity index is 603. The maximum absolute atomic E-state index is 12.7. The molecule has 2 N–H and O–H groups in total. The van der Waals surface area contributed by atoms with Crippen LogP contribution in [0.3, 0.4) is 0 Å². The van der Waals surface area contributed by atoms with Gasteiger partial charge in [0.15, 0.2) is 0 Å². The number of thioether (sulfide) groups is 1. The monoisotopic (exact) mass is 438 g/mol. The van der Waals surface area contributed by atoms with E-state index in [9.17, 15) is 23.1 Å². The SMILES string of the molecule is O=C(C1CCSCC1)N1CC2(CC(CO)CN2CC2CC2)C1.O=C(O)C(F)(F)F. The Balaban J connectivity index is 0.000000298. The molecule has 3 heterocycles. The second-order valence-electron chi connectivity index (χ2n) is 8.71. The van der Waals surface area contributed by atoms with Crippen molar-refractivity contribution in [1.82, 2.24) is 9.80 Å². The summed E-state index contributed by atoms with van der Waals surface area (Å²) >= 11 is 1.98. The molecule has 1 unspecified atom stereocenters. The van der Waals surface area contributed by atoms with Crippen LogP contribution in [0.2, 0.25) is 0 Å². The molecular formula is C19H29F3N2O4S. The van der Waals surface area contributed by atoms with Crippen molar-refractivity contribution in [1.29, 1.82) is 0 Å². The Kier molecular flexibility index (Phi) is 7.05. The molecule has 1 aliphatic carbocycles. The first-order valence-corrected chi connectivity index (χ1v) is 11.3. The van der Waals surface area contributed by atoms with Crippen LogP contribution in [0.5, 0.6) is 0 Å². The zero-order chi connectivity index (χ0) is 21.2. The lowest BCUT2D eigenvalue weighted by Crippen LogP contribution is -2.69. The predicted molar refractivity (Wildman–Crippen MR) is 103 cm³/mol. The molecule has 0 aromatic heterocycles. The first-order valence-electron chi connectivity index (χ1n) is 10.2. The highest BCUT2D eigenvalue weighted by atomic mass is 32.2.